The molecule has 86 valence electrons. The Labute approximate surface area is 94.6 Å². The van der Waals surface area contributed by atoms with Crippen molar-refractivity contribution in [3.8, 4) is 0 Å². The molecule has 0 aliphatic carbocycles. The summed E-state index contributed by atoms with van der Waals surface area (Å²) in [7, 11) is 1.61. The number of benzene rings is 1. The highest BCUT2D eigenvalue weighted by Gasteiger charge is 2.36. The summed E-state index contributed by atoms with van der Waals surface area (Å²) < 4.78 is 10.9. The van der Waals surface area contributed by atoms with Crippen LogP contribution in [0.1, 0.15) is 15.9 Å². The Balaban J connectivity index is 2.42. The van der Waals surface area contributed by atoms with E-state index in [0.717, 1.165) is 11.8 Å². The molecule has 16 heavy (non-hydrogen) atoms. The maximum absolute atomic E-state index is 11.0. The van der Waals surface area contributed by atoms with Gasteiger partial charge >= 0.3 is 0 Å². The Hall–Kier alpha value is -1.23. The SMILES string of the molecule is CO[C@@]1(c2ccccc2C=O)COCCN1. The van der Waals surface area contributed by atoms with E-state index in [-0.39, 0.29) is 0 Å². The van der Waals surface area contributed by atoms with E-state index in [9.17, 15) is 4.79 Å². The fraction of sp³-hybridized carbons (Fsp3) is 0.417. The number of morpholine rings is 1. The van der Waals surface area contributed by atoms with E-state index in [1.165, 1.54) is 0 Å². The highest BCUT2D eigenvalue weighted by molar-refractivity contribution is 5.77. The van der Waals surface area contributed by atoms with E-state index in [2.05, 4.69) is 5.32 Å². The number of carbonyl (C=O) groups excluding carboxylic acids is 1. The van der Waals surface area contributed by atoms with Crippen LogP contribution in [0.2, 0.25) is 0 Å². The van der Waals surface area contributed by atoms with Crippen LogP contribution in [0.25, 0.3) is 0 Å². The number of hydrogen-bond acceptors (Lipinski definition) is 4. The average molecular weight is 221 g/mol. The third-order valence-electron chi connectivity index (χ3n) is 2.83. The molecule has 0 bridgehead atoms. The van der Waals surface area contributed by atoms with Gasteiger partial charge in [0.25, 0.3) is 0 Å². The number of ether oxygens (including phenoxy) is 2. The summed E-state index contributed by atoms with van der Waals surface area (Å²) in [6.45, 7) is 1.78. The fourth-order valence-corrected chi connectivity index (χ4v) is 1.97. The molecule has 1 aliphatic heterocycles. The average Bonchev–Trinajstić information content (AvgIpc) is 2.39. The van der Waals surface area contributed by atoms with Gasteiger partial charge in [0, 0.05) is 24.8 Å². The fourth-order valence-electron chi connectivity index (χ4n) is 1.97. The van der Waals surface area contributed by atoms with Gasteiger partial charge in [0.2, 0.25) is 0 Å². The van der Waals surface area contributed by atoms with E-state index in [1.807, 2.05) is 18.2 Å². The number of methoxy groups -OCH3 is 1. The monoisotopic (exact) mass is 221 g/mol. The number of nitrogens with one attached hydrogen (secondary N) is 1. The summed E-state index contributed by atoms with van der Waals surface area (Å²) in [5, 5.41) is 3.27. The summed E-state index contributed by atoms with van der Waals surface area (Å²) in [5.74, 6) is 0. The molecule has 2 rings (SSSR count). The van der Waals surface area contributed by atoms with Crippen molar-refractivity contribution in [2.75, 3.05) is 26.9 Å². The topological polar surface area (TPSA) is 47.6 Å². The molecular weight excluding hydrogens is 206 g/mol. The summed E-state index contributed by atoms with van der Waals surface area (Å²) >= 11 is 0. The summed E-state index contributed by atoms with van der Waals surface area (Å²) in [4.78, 5) is 11.0. The summed E-state index contributed by atoms with van der Waals surface area (Å²) in [6, 6.07) is 7.38. The maximum atomic E-state index is 11.0. The molecule has 0 spiro atoms. The minimum Gasteiger partial charge on any atom is -0.375 e. The molecule has 1 fully saturated rings. The van der Waals surface area contributed by atoms with Crippen LogP contribution < -0.4 is 5.32 Å². The van der Waals surface area contributed by atoms with Crippen molar-refractivity contribution in [3.05, 3.63) is 35.4 Å². The third kappa shape index (κ3) is 1.87. The predicted octanol–water partition coefficient (Wildman–Crippen LogP) is 0.918. The van der Waals surface area contributed by atoms with Crippen LogP contribution in [0.5, 0.6) is 0 Å². The lowest BCUT2D eigenvalue weighted by Gasteiger charge is -2.37. The Kier molecular flexibility index (Phi) is 3.33. The molecule has 0 radical (unpaired) electrons. The van der Waals surface area contributed by atoms with Crippen molar-refractivity contribution in [3.63, 3.8) is 0 Å². The zero-order valence-electron chi connectivity index (χ0n) is 9.23. The van der Waals surface area contributed by atoms with Crippen molar-refractivity contribution in [1.29, 1.82) is 0 Å². The zero-order chi connectivity index (χ0) is 11.4. The van der Waals surface area contributed by atoms with Gasteiger partial charge in [-0.2, -0.15) is 0 Å². The molecule has 1 saturated heterocycles. The molecule has 1 N–H and O–H groups in total. The van der Waals surface area contributed by atoms with Gasteiger partial charge in [0.15, 0.2) is 5.72 Å². The lowest BCUT2D eigenvalue weighted by atomic mass is 9.97. The second-order valence-electron chi connectivity index (χ2n) is 3.72. The van der Waals surface area contributed by atoms with E-state index in [0.29, 0.717) is 25.3 Å². The number of carbonyl (C=O) groups is 1. The smallest absolute Gasteiger partial charge is 0.169 e. The second-order valence-corrected chi connectivity index (χ2v) is 3.72. The second kappa shape index (κ2) is 4.74. The Bertz CT molecular complexity index is 372. The lowest BCUT2D eigenvalue weighted by Crippen LogP contribution is -2.53. The standard InChI is InChI=1S/C12H15NO3/c1-15-12(9-16-7-6-13-12)11-5-3-2-4-10(11)8-14/h2-5,8,13H,6-7,9H2,1H3/t12-/m1/s1. The Morgan fingerprint density at radius 1 is 1.50 bits per heavy atom. The molecule has 0 unspecified atom stereocenters. The maximum Gasteiger partial charge on any atom is 0.169 e. The van der Waals surface area contributed by atoms with Crippen molar-refractivity contribution in [1.82, 2.24) is 5.32 Å². The van der Waals surface area contributed by atoms with Crippen LogP contribution in [0, 0.1) is 0 Å². The molecule has 0 saturated carbocycles. The number of aldehydes is 1. The van der Waals surface area contributed by atoms with Crippen LogP contribution in [0.3, 0.4) is 0 Å². The van der Waals surface area contributed by atoms with Crippen LogP contribution in [0.15, 0.2) is 24.3 Å². The van der Waals surface area contributed by atoms with E-state index in [4.69, 9.17) is 9.47 Å². The number of rotatable bonds is 3. The molecule has 0 amide bonds. The molecule has 1 aromatic rings. The van der Waals surface area contributed by atoms with Gasteiger partial charge in [0.05, 0.1) is 13.2 Å². The van der Waals surface area contributed by atoms with Gasteiger partial charge in [-0.05, 0) is 0 Å². The van der Waals surface area contributed by atoms with Crippen LogP contribution >= 0.6 is 0 Å². The van der Waals surface area contributed by atoms with E-state index >= 15 is 0 Å². The summed E-state index contributed by atoms with van der Waals surface area (Å²) in [5.41, 5.74) is 0.755. The molecule has 1 atom stereocenters. The largest absolute Gasteiger partial charge is 0.375 e. The van der Waals surface area contributed by atoms with Crippen LogP contribution in [-0.2, 0) is 15.2 Å². The normalized spacial score (nSPS) is 25.3. The Morgan fingerprint density at radius 2 is 2.31 bits per heavy atom. The first-order valence-corrected chi connectivity index (χ1v) is 5.25. The summed E-state index contributed by atoms with van der Waals surface area (Å²) in [6.07, 6.45) is 0.840. The predicted molar refractivity (Wildman–Crippen MR) is 59.3 cm³/mol. The van der Waals surface area contributed by atoms with Gasteiger partial charge < -0.3 is 9.47 Å². The molecule has 4 nitrogen and oxygen atoms in total. The number of hydrogen-bond donors (Lipinski definition) is 1. The van der Waals surface area contributed by atoms with Crippen molar-refractivity contribution in [2.45, 2.75) is 5.72 Å². The van der Waals surface area contributed by atoms with Crippen molar-refractivity contribution in [2.24, 2.45) is 0 Å². The van der Waals surface area contributed by atoms with E-state index < -0.39 is 5.72 Å². The van der Waals surface area contributed by atoms with E-state index in [1.54, 1.807) is 13.2 Å². The van der Waals surface area contributed by atoms with Gasteiger partial charge in [-0.1, -0.05) is 24.3 Å². The van der Waals surface area contributed by atoms with Crippen LogP contribution in [0.4, 0.5) is 0 Å². The van der Waals surface area contributed by atoms with Crippen molar-refractivity contribution < 1.29 is 14.3 Å². The van der Waals surface area contributed by atoms with Crippen molar-refractivity contribution >= 4 is 6.29 Å². The van der Waals surface area contributed by atoms with Gasteiger partial charge in [-0.15, -0.1) is 0 Å². The minimum absolute atomic E-state index is 0.411. The molecule has 0 aromatic heterocycles. The molecule has 4 heteroatoms. The third-order valence-corrected chi connectivity index (χ3v) is 2.83. The molecule has 1 aromatic carbocycles. The van der Waals surface area contributed by atoms with Gasteiger partial charge in [-0.3, -0.25) is 10.1 Å². The zero-order valence-corrected chi connectivity index (χ0v) is 9.23. The molecular formula is C12H15NO3. The first-order chi connectivity index (χ1) is 7.82. The van der Waals surface area contributed by atoms with Crippen LogP contribution in [-0.4, -0.2) is 33.2 Å². The first-order valence-electron chi connectivity index (χ1n) is 5.25. The quantitative estimate of drug-likeness (QED) is 0.771. The minimum atomic E-state index is -0.699. The first kappa shape index (κ1) is 11.3. The lowest BCUT2D eigenvalue weighted by molar-refractivity contribution is -0.130. The van der Waals surface area contributed by atoms with Gasteiger partial charge in [0.1, 0.15) is 6.29 Å². The molecule has 1 aliphatic rings. The highest BCUT2D eigenvalue weighted by atomic mass is 16.6. The Morgan fingerprint density at radius 3 is 2.94 bits per heavy atom. The highest BCUT2D eigenvalue weighted by Crippen LogP contribution is 2.26. The molecule has 1 heterocycles. The van der Waals surface area contributed by atoms with Gasteiger partial charge in [-0.25, -0.2) is 0 Å².